The Hall–Kier alpha value is -1.69. The highest BCUT2D eigenvalue weighted by Gasteiger charge is 2.29. The zero-order valence-corrected chi connectivity index (χ0v) is 15.2. The van der Waals surface area contributed by atoms with Crippen LogP contribution in [0.15, 0.2) is 36.7 Å². The van der Waals surface area contributed by atoms with Crippen molar-refractivity contribution in [2.45, 2.75) is 45.8 Å². The Morgan fingerprint density at radius 1 is 1.21 bits per heavy atom. The Morgan fingerprint density at radius 2 is 1.96 bits per heavy atom. The van der Waals surface area contributed by atoms with E-state index in [4.69, 9.17) is 0 Å². The van der Waals surface area contributed by atoms with Gasteiger partial charge in [-0.05, 0) is 64.4 Å². The van der Waals surface area contributed by atoms with E-state index in [-0.39, 0.29) is 0 Å². The third-order valence-corrected chi connectivity index (χ3v) is 5.09. The van der Waals surface area contributed by atoms with Gasteiger partial charge in [-0.2, -0.15) is 5.10 Å². The number of aromatic nitrogens is 2. The molecule has 0 spiro atoms. The number of nitrogens with zero attached hydrogens (tertiary/aromatic N) is 3. The first kappa shape index (κ1) is 17.1. The van der Waals surface area contributed by atoms with Crippen molar-refractivity contribution in [3.8, 4) is 5.69 Å². The molecule has 1 saturated heterocycles. The zero-order valence-electron chi connectivity index (χ0n) is 15.2. The van der Waals surface area contributed by atoms with Gasteiger partial charge in [0.05, 0.1) is 5.69 Å². The van der Waals surface area contributed by atoms with Crippen molar-refractivity contribution >= 4 is 0 Å². The normalized spacial score (nSPS) is 24.0. The molecular weight excluding hydrogens is 298 g/mol. The summed E-state index contributed by atoms with van der Waals surface area (Å²) in [6, 6.07) is 9.63. The second-order valence-electron chi connectivity index (χ2n) is 7.14. The molecule has 1 aromatic carbocycles. The van der Waals surface area contributed by atoms with Crippen molar-refractivity contribution in [1.82, 2.24) is 25.5 Å². The molecule has 2 unspecified atom stereocenters. The highest BCUT2D eigenvalue weighted by molar-refractivity contribution is 5.42. The summed E-state index contributed by atoms with van der Waals surface area (Å²) in [5, 5.41) is 4.39. The van der Waals surface area contributed by atoms with Crippen LogP contribution in [0.2, 0.25) is 0 Å². The molecule has 5 nitrogen and oxygen atoms in total. The second kappa shape index (κ2) is 7.47. The van der Waals surface area contributed by atoms with Gasteiger partial charge in [0.1, 0.15) is 0 Å². The van der Waals surface area contributed by atoms with Gasteiger partial charge in [-0.25, -0.2) is 4.68 Å². The molecule has 5 heteroatoms. The first-order valence-electron chi connectivity index (χ1n) is 8.83. The Balaban J connectivity index is 1.66. The molecule has 0 amide bonds. The van der Waals surface area contributed by atoms with Gasteiger partial charge >= 0.3 is 0 Å². The number of nitrogens with one attached hydrogen (secondary N) is 2. The summed E-state index contributed by atoms with van der Waals surface area (Å²) < 4.78 is 1.96. The van der Waals surface area contributed by atoms with E-state index in [9.17, 15) is 0 Å². The van der Waals surface area contributed by atoms with Crippen LogP contribution in [0, 0.1) is 12.8 Å². The van der Waals surface area contributed by atoms with Gasteiger partial charge in [-0.15, -0.1) is 0 Å². The lowest BCUT2D eigenvalue weighted by Crippen LogP contribution is -2.30. The Morgan fingerprint density at radius 3 is 2.62 bits per heavy atom. The molecule has 24 heavy (non-hydrogen) atoms. The minimum absolute atomic E-state index is 0.534. The molecule has 2 heterocycles. The molecule has 0 radical (unpaired) electrons. The SMILES string of the molecule is Cc1ccc(-n2cccn2)c(CN(C)CCC2C(C)NNC2C)c1. The maximum absolute atomic E-state index is 4.39. The molecule has 2 aromatic rings. The van der Waals surface area contributed by atoms with Crippen LogP contribution in [0.1, 0.15) is 31.4 Å². The predicted molar refractivity (Wildman–Crippen MR) is 97.9 cm³/mol. The van der Waals surface area contributed by atoms with E-state index in [1.165, 1.54) is 23.2 Å². The number of hydrogen-bond donors (Lipinski definition) is 2. The molecule has 1 aliphatic rings. The van der Waals surface area contributed by atoms with E-state index in [2.05, 4.69) is 66.9 Å². The molecule has 0 aliphatic carbocycles. The van der Waals surface area contributed by atoms with E-state index in [0.717, 1.165) is 13.1 Å². The van der Waals surface area contributed by atoms with Crippen molar-refractivity contribution in [2.75, 3.05) is 13.6 Å². The Kier molecular flexibility index (Phi) is 5.33. The van der Waals surface area contributed by atoms with Gasteiger partial charge in [-0.3, -0.25) is 10.9 Å². The van der Waals surface area contributed by atoms with Crippen LogP contribution in [0.3, 0.4) is 0 Å². The van der Waals surface area contributed by atoms with Gasteiger partial charge in [0.2, 0.25) is 0 Å². The average Bonchev–Trinajstić information content (AvgIpc) is 3.17. The molecule has 2 atom stereocenters. The predicted octanol–water partition coefficient (Wildman–Crippen LogP) is 2.50. The maximum Gasteiger partial charge on any atom is 0.0690 e. The summed E-state index contributed by atoms with van der Waals surface area (Å²) in [6.45, 7) is 8.70. The monoisotopic (exact) mass is 327 g/mol. The van der Waals surface area contributed by atoms with Crippen LogP contribution >= 0.6 is 0 Å². The fourth-order valence-corrected chi connectivity index (χ4v) is 3.63. The molecule has 1 fully saturated rings. The van der Waals surface area contributed by atoms with Crippen LogP contribution in [0.4, 0.5) is 0 Å². The summed E-state index contributed by atoms with van der Waals surface area (Å²) >= 11 is 0. The van der Waals surface area contributed by atoms with Gasteiger partial charge in [-0.1, -0.05) is 17.7 Å². The molecule has 130 valence electrons. The Bertz CT molecular complexity index is 642. The molecule has 0 bridgehead atoms. The maximum atomic E-state index is 4.39. The first-order chi connectivity index (χ1) is 11.5. The number of hydrazine groups is 1. The van der Waals surface area contributed by atoms with E-state index >= 15 is 0 Å². The van der Waals surface area contributed by atoms with Crippen LogP contribution in [0.5, 0.6) is 0 Å². The quantitative estimate of drug-likeness (QED) is 0.856. The van der Waals surface area contributed by atoms with E-state index < -0.39 is 0 Å². The third-order valence-electron chi connectivity index (χ3n) is 5.09. The lowest BCUT2D eigenvalue weighted by molar-refractivity contribution is 0.278. The largest absolute Gasteiger partial charge is 0.302 e. The summed E-state index contributed by atoms with van der Waals surface area (Å²) in [6.07, 6.45) is 5.03. The molecule has 3 rings (SSSR count). The van der Waals surface area contributed by atoms with Crippen molar-refractivity contribution in [2.24, 2.45) is 5.92 Å². The van der Waals surface area contributed by atoms with Gasteiger partial charge in [0, 0.05) is 31.0 Å². The fraction of sp³-hybridized carbons (Fsp3) is 0.526. The smallest absolute Gasteiger partial charge is 0.0690 e. The molecule has 2 N–H and O–H groups in total. The third kappa shape index (κ3) is 3.86. The minimum atomic E-state index is 0.534. The topological polar surface area (TPSA) is 45.1 Å². The number of hydrogen-bond acceptors (Lipinski definition) is 4. The van der Waals surface area contributed by atoms with Crippen molar-refractivity contribution in [1.29, 1.82) is 0 Å². The lowest BCUT2D eigenvalue weighted by atomic mass is 9.93. The fourth-order valence-electron chi connectivity index (χ4n) is 3.63. The Labute approximate surface area is 145 Å². The van der Waals surface area contributed by atoms with E-state index in [1.54, 1.807) is 0 Å². The second-order valence-corrected chi connectivity index (χ2v) is 7.14. The highest BCUT2D eigenvalue weighted by Crippen LogP contribution is 2.21. The standard InChI is InChI=1S/C19H29N5/c1-14-6-7-19(24-10-5-9-20-24)17(12-14)13-23(4)11-8-18-15(2)21-22-16(18)3/h5-7,9-10,12,15-16,18,21-22H,8,11,13H2,1-4H3. The molecule has 0 saturated carbocycles. The van der Waals surface area contributed by atoms with Crippen molar-refractivity contribution in [3.05, 3.63) is 47.8 Å². The highest BCUT2D eigenvalue weighted by atomic mass is 15.4. The average molecular weight is 327 g/mol. The minimum Gasteiger partial charge on any atom is -0.302 e. The van der Waals surface area contributed by atoms with Crippen LogP contribution in [-0.4, -0.2) is 40.4 Å². The molecule has 1 aromatic heterocycles. The van der Waals surface area contributed by atoms with E-state index in [1.807, 2.05) is 23.1 Å². The first-order valence-corrected chi connectivity index (χ1v) is 8.83. The summed E-state index contributed by atoms with van der Waals surface area (Å²) in [5.41, 5.74) is 10.5. The molecular formula is C19H29N5. The molecule has 1 aliphatic heterocycles. The van der Waals surface area contributed by atoms with Crippen molar-refractivity contribution in [3.63, 3.8) is 0 Å². The van der Waals surface area contributed by atoms with E-state index in [0.29, 0.717) is 18.0 Å². The number of benzene rings is 1. The van der Waals surface area contributed by atoms with Gasteiger partial charge in [0.25, 0.3) is 0 Å². The van der Waals surface area contributed by atoms with Crippen molar-refractivity contribution < 1.29 is 0 Å². The van der Waals surface area contributed by atoms with Crippen LogP contribution in [-0.2, 0) is 6.54 Å². The zero-order chi connectivity index (χ0) is 17.1. The van der Waals surface area contributed by atoms with Gasteiger partial charge < -0.3 is 4.90 Å². The van der Waals surface area contributed by atoms with Gasteiger partial charge in [0.15, 0.2) is 0 Å². The summed E-state index contributed by atoms with van der Waals surface area (Å²) in [7, 11) is 2.21. The van der Waals surface area contributed by atoms with Crippen LogP contribution < -0.4 is 10.9 Å². The summed E-state index contributed by atoms with van der Waals surface area (Å²) in [5.74, 6) is 0.676. The lowest BCUT2D eigenvalue weighted by Gasteiger charge is -2.23. The van der Waals surface area contributed by atoms with Crippen LogP contribution in [0.25, 0.3) is 5.69 Å². The number of rotatable bonds is 6. The number of aryl methyl sites for hydroxylation is 1. The summed E-state index contributed by atoms with van der Waals surface area (Å²) in [4.78, 5) is 2.42.